The minimum Gasteiger partial charge on any atom is -0.493 e. The fourth-order valence-corrected chi connectivity index (χ4v) is 3.57. The number of hydrogen-bond acceptors (Lipinski definition) is 4. The summed E-state index contributed by atoms with van der Waals surface area (Å²) in [5, 5.41) is 5.40. The highest BCUT2D eigenvalue weighted by atomic mass is 79.9. The van der Waals surface area contributed by atoms with E-state index in [1.165, 1.54) is 7.11 Å². The maximum atomic E-state index is 12.2. The van der Waals surface area contributed by atoms with E-state index in [2.05, 4.69) is 21.2 Å². The molecule has 1 amide bonds. The molecular formula is C21H19BrClNO4. The largest absolute Gasteiger partial charge is 0.493 e. The van der Waals surface area contributed by atoms with E-state index in [4.69, 9.17) is 25.8 Å². The van der Waals surface area contributed by atoms with Crippen LogP contribution in [0.3, 0.4) is 0 Å². The summed E-state index contributed by atoms with van der Waals surface area (Å²) in [4.78, 5) is 12.2. The van der Waals surface area contributed by atoms with Crippen LogP contribution in [0.4, 0.5) is 0 Å². The molecule has 0 saturated heterocycles. The molecule has 3 aromatic rings. The third kappa shape index (κ3) is 4.51. The second-order valence-corrected chi connectivity index (χ2v) is 7.16. The second-order valence-electron chi connectivity index (χ2n) is 5.96. The lowest BCUT2D eigenvalue weighted by Gasteiger charge is -2.13. The molecule has 0 aliphatic heterocycles. The standard InChI is InChI=1S/C21H19BrClNO4/c1-26-18-9-14(16(23)10-19(18)27-2)11-24-20(25)12-28-17-8-7-13-5-3-4-6-15(13)21(17)22/h3-10H,11-12H2,1-2H3,(H,24,25). The number of benzene rings is 3. The Morgan fingerprint density at radius 3 is 2.50 bits per heavy atom. The zero-order valence-electron chi connectivity index (χ0n) is 15.4. The maximum Gasteiger partial charge on any atom is 0.258 e. The number of fused-ring (bicyclic) bond motifs is 1. The topological polar surface area (TPSA) is 56.8 Å². The molecule has 0 unspecified atom stereocenters. The molecule has 0 heterocycles. The van der Waals surface area contributed by atoms with E-state index < -0.39 is 0 Å². The number of halogens is 2. The van der Waals surface area contributed by atoms with Crippen LogP contribution in [0.15, 0.2) is 53.0 Å². The van der Waals surface area contributed by atoms with Crippen LogP contribution in [-0.4, -0.2) is 26.7 Å². The Hall–Kier alpha value is -2.44. The smallest absolute Gasteiger partial charge is 0.258 e. The van der Waals surface area contributed by atoms with Gasteiger partial charge >= 0.3 is 0 Å². The molecule has 0 fully saturated rings. The molecule has 0 bridgehead atoms. The minimum absolute atomic E-state index is 0.109. The van der Waals surface area contributed by atoms with E-state index >= 15 is 0 Å². The van der Waals surface area contributed by atoms with E-state index in [1.807, 2.05) is 36.4 Å². The first-order chi connectivity index (χ1) is 13.5. The van der Waals surface area contributed by atoms with Gasteiger partial charge in [0.05, 0.1) is 18.7 Å². The number of carbonyl (C=O) groups excluding carboxylic acids is 1. The Labute approximate surface area is 176 Å². The summed E-state index contributed by atoms with van der Waals surface area (Å²) in [6.07, 6.45) is 0. The minimum atomic E-state index is -0.258. The van der Waals surface area contributed by atoms with Crippen molar-refractivity contribution < 1.29 is 19.0 Å². The van der Waals surface area contributed by atoms with Gasteiger partial charge in [-0.1, -0.05) is 41.9 Å². The van der Waals surface area contributed by atoms with Gasteiger partial charge in [-0.2, -0.15) is 0 Å². The molecule has 0 aliphatic carbocycles. The first-order valence-corrected chi connectivity index (χ1v) is 9.67. The zero-order valence-corrected chi connectivity index (χ0v) is 17.8. The van der Waals surface area contributed by atoms with Gasteiger partial charge in [-0.25, -0.2) is 0 Å². The van der Waals surface area contributed by atoms with Gasteiger partial charge < -0.3 is 19.5 Å². The lowest BCUT2D eigenvalue weighted by molar-refractivity contribution is -0.123. The summed E-state index contributed by atoms with van der Waals surface area (Å²) in [6, 6.07) is 15.1. The van der Waals surface area contributed by atoms with Gasteiger partial charge in [0.1, 0.15) is 5.75 Å². The van der Waals surface area contributed by atoms with Crippen LogP contribution in [0.1, 0.15) is 5.56 Å². The van der Waals surface area contributed by atoms with Crippen molar-refractivity contribution in [3.8, 4) is 17.2 Å². The number of carbonyl (C=O) groups is 1. The van der Waals surface area contributed by atoms with Crippen LogP contribution in [0.25, 0.3) is 10.8 Å². The van der Waals surface area contributed by atoms with Crippen LogP contribution >= 0.6 is 27.5 Å². The summed E-state index contributed by atoms with van der Waals surface area (Å²) < 4.78 is 17.0. The Bertz CT molecular complexity index is 1010. The van der Waals surface area contributed by atoms with Crippen LogP contribution in [0.5, 0.6) is 17.2 Å². The number of methoxy groups -OCH3 is 2. The van der Waals surface area contributed by atoms with Gasteiger partial charge in [0.15, 0.2) is 18.1 Å². The molecule has 0 aliphatic rings. The lowest BCUT2D eigenvalue weighted by Crippen LogP contribution is -2.28. The SMILES string of the molecule is COc1cc(Cl)c(CNC(=O)COc2ccc3ccccc3c2Br)cc1OC. The van der Waals surface area contributed by atoms with Crippen LogP contribution in [0.2, 0.25) is 5.02 Å². The summed E-state index contributed by atoms with van der Waals surface area (Å²) in [7, 11) is 3.08. The number of rotatable bonds is 7. The van der Waals surface area contributed by atoms with Crippen molar-refractivity contribution in [1.29, 1.82) is 0 Å². The van der Waals surface area contributed by atoms with E-state index in [0.717, 1.165) is 20.8 Å². The molecular weight excluding hydrogens is 446 g/mol. The predicted octanol–water partition coefficient (Wildman–Crippen LogP) is 4.97. The molecule has 0 aromatic heterocycles. The van der Waals surface area contributed by atoms with E-state index in [-0.39, 0.29) is 19.1 Å². The number of amides is 1. The molecule has 0 atom stereocenters. The van der Waals surface area contributed by atoms with Crippen LogP contribution in [0, 0.1) is 0 Å². The van der Waals surface area contributed by atoms with Gasteiger partial charge in [-0.05, 0) is 44.4 Å². The number of nitrogens with one attached hydrogen (secondary N) is 1. The summed E-state index contributed by atoms with van der Waals surface area (Å²) in [6.45, 7) is 0.141. The third-order valence-corrected chi connectivity index (χ3v) is 5.39. The molecule has 5 nitrogen and oxygen atoms in total. The van der Waals surface area contributed by atoms with Crippen molar-refractivity contribution in [2.75, 3.05) is 20.8 Å². The van der Waals surface area contributed by atoms with E-state index in [1.54, 1.807) is 19.2 Å². The average molecular weight is 465 g/mol. The van der Waals surface area contributed by atoms with Crippen molar-refractivity contribution in [3.63, 3.8) is 0 Å². The average Bonchev–Trinajstić information content (AvgIpc) is 2.72. The molecule has 3 rings (SSSR count). The Morgan fingerprint density at radius 2 is 1.75 bits per heavy atom. The molecule has 0 radical (unpaired) electrons. The highest BCUT2D eigenvalue weighted by Crippen LogP contribution is 2.34. The van der Waals surface area contributed by atoms with E-state index in [0.29, 0.717) is 22.3 Å². The van der Waals surface area contributed by atoms with Gasteiger partial charge in [-0.3, -0.25) is 4.79 Å². The summed E-state index contributed by atoms with van der Waals surface area (Å²) in [5.41, 5.74) is 0.722. The molecule has 0 spiro atoms. The molecule has 7 heteroatoms. The number of ether oxygens (including phenoxy) is 3. The van der Waals surface area contributed by atoms with E-state index in [9.17, 15) is 4.79 Å². The van der Waals surface area contributed by atoms with Crippen molar-refractivity contribution in [2.24, 2.45) is 0 Å². The van der Waals surface area contributed by atoms with Gasteiger partial charge in [-0.15, -0.1) is 0 Å². The highest BCUT2D eigenvalue weighted by Gasteiger charge is 2.12. The van der Waals surface area contributed by atoms with Crippen molar-refractivity contribution in [1.82, 2.24) is 5.32 Å². The molecule has 146 valence electrons. The molecule has 3 aromatic carbocycles. The maximum absolute atomic E-state index is 12.2. The normalized spacial score (nSPS) is 10.6. The first kappa shape index (κ1) is 20.3. The van der Waals surface area contributed by atoms with Crippen molar-refractivity contribution in [3.05, 3.63) is 63.6 Å². The lowest BCUT2D eigenvalue weighted by atomic mass is 10.1. The zero-order chi connectivity index (χ0) is 20.1. The molecule has 0 saturated carbocycles. The summed E-state index contributed by atoms with van der Waals surface area (Å²) in [5.74, 6) is 1.43. The Balaban J connectivity index is 1.62. The summed E-state index contributed by atoms with van der Waals surface area (Å²) >= 11 is 9.79. The molecule has 28 heavy (non-hydrogen) atoms. The van der Waals surface area contributed by atoms with Crippen LogP contribution in [-0.2, 0) is 11.3 Å². The predicted molar refractivity (Wildman–Crippen MR) is 114 cm³/mol. The molecule has 1 N–H and O–H groups in total. The third-order valence-electron chi connectivity index (χ3n) is 4.22. The monoisotopic (exact) mass is 463 g/mol. The van der Waals surface area contributed by atoms with Crippen molar-refractivity contribution >= 4 is 44.2 Å². The fraction of sp³-hybridized carbons (Fsp3) is 0.190. The quantitative estimate of drug-likeness (QED) is 0.536. The second kappa shape index (κ2) is 9.17. The van der Waals surface area contributed by atoms with Crippen molar-refractivity contribution in [2.45, 2.75) is 6.54 Å². The van der Waals surface area contributed by atoms with Gasteiger partial charge in [0.2, 0.25) is 0 Å². The van der Waals surface area contributed by atoms with Crippen LogP contribution < -0.4 is 19.5 Å². The fourth-order valence-electron chi connectivity index (χ4n) is 2.74. The Morgan fingerprint density at radius 1 is 1.04 bits per heavy atom. The van der Waals surface area contributed by atoms with Gasteiger partial charge in [0.25, 0.3) is 5.91 Å². The van der Waals surface area contributed by atoms with Gasteiger partial charge in [0, 0.05) is 17.6 Å². The highest BCUT2D eigenvalue weighted by molar-refractivity contribution is 9.10. The Kier molecular flexibility index (Phi) is 6.65. The number of hydrogen-bond donors (Lipinski definition) is 1. The first-order valence-electron chi connectivity index (χ1n) is 8.50.